The third-order valence-electron chi connectivity index (χ3n) is 6.40. The average molecular weight is 486 g/mol. The first kappa shape index (κ1) is 24.7. The zero-order chi connectivity index (χ0) is 24.3. The van der Waals surface area contributed by atoms with Crippen molar-refractivity contribution in [2.75, 3.05) is 31.6 Å². The van der Waals surface area contributed by atoms with Gasteiger partial charge in [-0.2, -0.15) is 13.2 Å². The highest BCUT2D eigenvalue weighted by Crippen LogP contribution is 2.31. The van der Waals surface area contributed by atoms with Gasteiger partial charge in [-0.1, -0.05) is 0 Å². The molecule has 1 aromatic carbocycles. The molecule has 11 heteroatoms. The number of halogens is 3. The highest BCUT2D eigenvalue weighted by Gasteiger charge is 2.40. The molecule has 1 aromatic rings. The summed E-state index contributed by atoms with van der Waals surface area (Å²) in [6, 6.07) is 3.23. The molecule has 2 heterocycles. The minimum absolute atomic E-state index is 0.0104. The molecule has 3 amide bonds. The van der Waals surface area contributed by atoms with Crippen molar-refractivity contribution in [1.82, 2.24) is 10.2 Å². The summed E-state index contributed by atoms with van der Waals surface area (Å²) < 4.78 is 50.1. The fourth-order valence-electron chi connectivity index (χ4n) is 4.37. The molecule has 0 radical (unpaired) electrons. The number of β-amino-alcohol motifs (C(OH)–C–C–N with tert-alkyl or cyclic N) is 1. The van der Waals surface area contributed by atoms with Crippen LogP contribution in [-0.4, -0.2) is 72.6 Å². The Morgan fingerprint density at radius 3 is 2.50 bits per heavy atom. The summed E-state index contributed by atoms with van der Waals surface area (Å²) in [7, 11) is 0. The molecule has 8 nitrogen and oxygen atoms in total. The highest BCUT2D eigenvalue weighted by atomic mass is 19.4. The predicted molar refractivity (Wildman–Crippen MR) is 116 cm³/mol. The normalized spacial score (nSPS) is 27.8. The number of fused-ring (bicyclic) bond motifs is 1. The summed E-state index contributed by atoms with van der Waals surface area (Å²) in [5.74, 6) is 0.525. The monoisotopic (exact) mass is 485 g/mol. The zero-order valence-electron chi connectivity index (χ0n) is 18.7. The van der Waals surface area contributed by atoms with Gasteiger partial charge in [0.2, 0.25) is 5.91 Å². The van der Waals surface area contributed by atoms with E-state index in [0.717, 1.165) is 25.0 Å². The lowest BCUT2D eigenvalue weighted by molar-refractivity contribution is -0.149. The number of urea groups is 1. The van der Waals surface area contributed by atoms with Crippen LogP contribution in [0, 0.1) is 5.92 Å². The Kier molecular flexibility index (Phi) is 7.63. The van der Waals surface area contributed by atoms with Gasteiger partial charge in [0, 0.05) is 12.2 Å². The third-order valence-corrected chi connectivity index (χ3v) is 6.40. The van der Waals surface area contributed by atoms with E-state index in [1.807, 2.05) is 0 Å². The number of rotatable bonds is 5. The van der Waals surface area contributed by atoms with E-state index in [1.54, 1.807) is 0 Å². The van der Waals surface area contributed by atoms with Crippen LogP contribution in [0.15, 0.2) is 24.3 Å². The molecule has 0 aromatic heterocycles. The SMILES string of the molecule is O=C(C[C@H]1CC[C@@H]2[C@H](COC[C@@H](O)CN2C(=O)Nc2ccc(C(F)(F)F)cc2)O1)NCC1CC1. The second-order valence-corrected chi connectivity index (χ2v) is 9.24. The third kappa shape index (κ3) is 6.61. The zero-order valence-corrected chi connectivity index (χ0v) is 18.7. The Bertz CT molecular complexity index is 862. The number of hydrogen-bond donors (Lipinski definition) is 3. The smallest absolute Gasteiger partial charge is 0.389 e. The Morgan fingerprint density at radius 1 is 1.09 bits per heavy atom. The molecule has 1 saturated carbocycles. The van der Waals surface area contributed by atoms with Crippen LogP contribution < -0.4 is 10.6 Å². The maximum absolute atomic E-state index is 13.0. The Morgan fingerprint density at radius 2 is 1.82 bits per heavy atom. The van der Waals surface area contributed by atoms with E-state index < -0.39 is 36.0 Å². The topological polar surface area (TPSA) is 100 Å². The molecular weight excluding hydrogens is 455 g/mol. The summed E-state index contributed by atoms with van der Waals surface area (Å²) in [4.78, 5) is 26.7. The van der Waals surface area contributed by atoms with Crippen molar-refractivity contribution >= 4 is 17.6 Å². The standard InChI is InChI=1S/C23H30F3N3O5/c24-23(25,26)15-3-5-16(6-4-15)28-22(32)29-11-17(30)12-33-13-20-19(29)8-7-18(34-20)9-21(31)27-10-14-1-2-14/h3-6,14,17-20,30H,1-2,7-13H2,(H,27,31)(H,28,32)/t17-,18+,19+,20-/m0/s1. The molecule has 3 N–H and O–H groups in total. The molecule has 34 heavy (non-hydrogen) atoms. The second kappa shape index (κ2) is 10.5. The van der Waals surface area contributed by atoms with E-state index in [-0.39, 0.29) is 43.9 Å². The minimum Gasteiger partial charge on any atom is -0.389 e. The maximum Gasteiger partial charge on any atom is 0.416 e. The van der Waals surface area contributed by atoms with Crippen LogP contribution in [0.25, 0.3) is 0 Å². The minimum atomic E-state index is -4.46. The van der Waals surface area contributed by atoms with E-state index >= 15 is 0 Å². The number of nitrogens with zero attached hydrogens (tertiary/aromatic N) is 1. The highest BCUT2D eigenvalue weighted by molar-refractivity contribution is 5.89. The van der Waals surface area contributed by atoms with Gasteiger partial charge in [0.05, 0.1) is 50.0 Å². The molecule has 4 atom stereocenters. The maximum atomic E-state index is 13.0. The van der Waals surface area contributed by atoms with Crippen molar-refractivity contribution in [2.24, 2.45) is 5.92 Å². The fraction of sp³-hybridized carbons (Fsp3) is 0.652. The molecular formula is C23H30F3N3O5. The van der Waals surface area contributed by atoms with Crippen LogP contribution in [0.3, 0.4) is 0 Å². The Labute approximate surface area is 195 Å². The lowest BCUT2D eigenvalue weighted by Gasteiger charge is -2.44. The van der Waals surface area contributed by atoms with Gasteiger partial charge in [-0.15, -0.1) is 0 Å². The molecule has 4 rings (SSSR count). The molecule has 0 unspecified atom stereocenters. The number of benzene rings is 1. The van der Waals surface area contributed by atoms with Gasteiger partial charge in [-0.05, 0) is 55.9 Å². The van der Waals surface area contributed by atoms with E-state index in [4.69, 9.17) is 9.47 Å². The summed E-state index contributed by atoms with van der Waals surface area (Å²) in [6.45, 7) is 0.856. The van der Waals surface area contributed by atoms with E-state index in [0.29, 0.717) is 25.3 Å². The number of hydrogen-bond acceptors (Lipinski definition) is 5. The van der Waals surface area contributed by atoms with Crippen LogP contribution in [0.1, 0.15) is 37.7 Å². The van der Waals surface area contributed by atoms with Crippen LogP contribution in [0.4, 0.5) is 23.7 Å². The number of aliphatic hydroxyl groups is 1. The predicted octanol–water partition coefficient (Wildman–Crippen LogP) is 2.76. The van der Waals surface area contributed by atoms with Gasteiger partial charge in [0.25, 0.3) is 0 Å². The Balaban J connectivity index is 1.38. The number of anilines is 1. The van der Waals surface area contributed by atoms with Crippen molar-refractivity contribution in [3.8, 4) is 0 Å². The summed E-state index contributed by atoms with van der Waals surface area (Å²) in [5.41, 5.74) is -0.596. The second-order valence-electron chi connectivity index (χ2n) is 9.24. The summed E-state index contributed by atoms with van der Waals surface area (Å²) >= 11 is 0. The summed E-state index contributed by atoms with van der Waals surface area (Å²) in [6.07, 6.45) is -2.53. The number of aliphatic hydroxyl groups excluding tert-OH is 1. The molecule has 1 aliphatic carbocycles. The molecule has 3 aliphatic rings. The van der Waals surface area contributed by atoms with Gasteiger partial charge in [0.15, 0.2) is 0 Å². The molecule has 0 bridgehead atoms. The van der Waals surface area contributed by atoms with Crippen LogP contribution in [0.2, 0.25) is 0 Å². The average Bonchev–Trinajstić information content (AvgIpc) is 3.60. The number of carbonyl (C=O) groups is 2. The van der Waals surface area contributed by atoms with E-state index in [9.17, 15) is 27.9 Å². The number of amides is 3. The number of alkyl halides is 3. The van der Waals surface area contributed by atoms with Gasteiger partial charge < -0.3 is 30.1 Å². The van der Waals surface area contributed by atoms with Crippen LogP contribution >= 0.6 is 0 Å². The van der Waals surface area contributed by atoms with Crippen molar-refractivity contribution in [1.29, 1.82) is 0 Å². The van der Waals surface area contributed by atoms with Crippen molar-refractivity contribution < 1.29 is 37.3 Å². The first-order valence-corrected chi connectivity index (χ1v) is 11.6. The van der Waals surface area contributed by atoms with Gasteiger partial charge in [0.1, 0.15) is 6.10 Å². The molecule has 3 fully saturated rings. The quantitative estimate of drug-likeness (QED) is 0.596. The number of carbonyl (C=O) groups excluding carboxylic acids is 2. The van der Waals surface area contributed by atoms with Crippen LogP contribution in [0.5, 0.6) is 0 Å². The molecule has 2 aliphatic heterocycles. The van der Waals surface area contributed by atoms with Crippen molar-refractivity contribution in [2.45, 2.75) is 62.6 Å². The first-order chi connectivity index (χ1) is 16.2. The molecule has 188 valence electrons. The van der Waals surface area contributed by atoms with Crippen LogP contribution in [-0.2, 0) is 20.4 Å². The van der Waals surface area contributed by atoms with Gasteiger partial charge >= 0.3 is 12.2 Å². The summed E-state index contributed by atoms with van der Waals surface area (Å²) in [5, 5.41) is 15.8. The largest absolute Gasteiger partial charge is 0.416 e. The fourth-order valence-corrected chi connectivity index (χ4v) is 4.37. The molecule has 0 spiro atoms. The lowest BCUT2D eigenvalue weighted by atomic mass is 9.95. The van der Waals surface area contributed by atoms with Crippen molar-refractivity contribution in [3.63, 3.8) is 0 Å². The van der Waals surface area contributed by atoms with Gasteiger partial charge in [-0.25, -0.2) is 4.79 Å². The van der Waals surface area contributed by atoms with Crippen molar-refractivity contribution in [3.05, 3.63) is 29.8 Å². The Hall–Kier alpha value is -2.37. The van der Waals surface area contributed by atoms with E-state index in [1.165, 1.54) is 17.0 Å². The molecule has 2 saturated heterocycles. The lowest BCUT2D eigenvalue weighted by Crippen LogP contribution is -2.58. The van der Waals surface area contributed by atoms with Gasteiger partial charge in [-0.3, -0.25) is 4.79 Å². The number of nitrogens with one attached hydrogen (secondary N) is 2. The van der Waals surface area contributed by atoms with E-state index in [2.05, 4.69) is 10.6 Å². The first-order valence-electron chi connectivity index (χ1n) is 11.6. The number of ether oxygens (including phenoxy) is 2.